The Morgan fingerprint density at radius 3 is 2.60 bits per heavy atom. The van der Waals surface area contributed by atoms with Crippen LogP contribution in [0, 0.1) is 0 Å². The van der Waals surface area contributed by atoms with Crippen molar-refractivity contribution in [2.45, 2.75) is 25.7 Å². The van der Waals surface area contributed by atoms with Gasteiger partial charge in [0.15, 0.2) is 0 Å². The number of aromatic nitrogens is 1. The lowest BCUT2D eigenvalue weighted by Crippen LogP contribution is -2.21. The second-order valence-electron chi connectivity index (χ2n) is 3.95. The van der Waals surface area contributed by atoms with Gasteiger partial charge in [-0.2, -0.15) is 0 Å². The van der Waals surface area contributed by atoms with Gasteiger partial charge >= 0.3 is 5.97 Å². The van der Waals surface area contributed by atoms with Crippen molar-refractivity contribution in [1.29, 1.82) is 0 Å². The van der Waals surface area contributed by atoms with Crippen molar-refractivity contribution in [3.63, 3.8) is 0 Å². The number of carboxylic acids is 1. The number of hydrogen-bond acceptors (Lipinski definition) is 2. The lowest BCUT2D eigenvalue weighted by molar-refractivity contribution is -0.138. The number of carboxylic acid groups (broad SMARTS) is 1. The minimum Gasteiger partial charge on any atom is -0.481 e. The molecule has 1 aromatic rings. The molecule has 0 spiro atoms. The first-order chi connectivity index (χ1) is 6.83. The number of carbonyl (C=O) groups is 1. The summed E-state index contributed by atoms with van der Waals surface area (Å²) in [7, 11) is 0. The van der Waals surface area contributed by atoms with Crippen LogP contribution in [-0.2, 0) is 10.2 Å². The Morgan fingerprint density at radius 2 is 2.13 bits per heavy atom. The van der Waals surface area contributed by atoms with E-state index < -0.39 is 11.4 Å². The first-order valence-electron chi connectivity index (χ1n) is 4.36. The van der Waals surface area contributed by atoms with Gasteiger partial charge in [-0.05, 0) is 11.6 Å². The molecule has 0 aliphatic heterocycles. The van der Waals surface area contributed by atoms with Crippen LogP contribution in [0.1, 0.15) is 25.8 Å². The highest BCUT2D eigenvalue weighted by atomic mass is 35.5. The summed E-state index contributed by atoms with van der Waals surface area (Å²) in [6, 6.07) is 1.65. The predicted octanol–water partition coefficient (Wildman–Crippen LogP) is 3.14. The van der Waals surface area contributed by atoms with Gasteiger partial charge in [-0.25, -0.2) is 4.98 Å². The first-order valence-corrected chi connectivity index (χ1v) is 5.12. The summed E-state index contributed by atoms with van der Waals surface area (Å²) < 4.78 is 0. The van der Waals surface area contributed by atoms with E-state index in [9.17, 15) is 4.79 Å². The maximum atomic E-state index is 10.7. The van der Waals surface area contributed by atoms with Gasteiger partial charge < -0.3 is 5.11 Å². The summed E-state index contributed by atoms with van der Waals surface area (Å²) in [5.74, 6) is -0.855. The molecule has 5 heteroatoms. The van der Waals surface area contributed by atoms with Crippen LogP contribution in [0.25, 0.3) is 0 Å². The van der Waals surface area contributed by atoms with Gasteiger partial charge in [0.2, 0.25) is 0 Å². The largest absolute Gasteiger partial charge is 0.481 e. The Bertz CT molecular complexity index is 391. The van der Waals surface area contributed by atoms with Crippen molar-refractivity contribution in [3.8, 4) is 0 Å². The molecule has 0 aromatic carbocycles. The average Bonchev–Trinajstić information content (AvgIpc) is 2.07. The minimum absolute atomic E-state index is 0.0205. The fraction of sp³-hybridized carbons (Fsp3) is 0.400. The molecule has 0 aliphatic carbocycles. The predicted molar refractivity (Wildman–Crippen MR) is 59.5 cm³/mol. The topological polar surface area (TPSA) is 50.2 Å². The van der Waals surface area contributed by atoms with Gasteiger partial charge in [-0.3, -0.25) is 4.79 Å². The molecule has 0 radical (unpaired) electrons. The number of hydrogen-bond donors (Lipinski definition) is 1. The van der Waals surface area contributed by atoms with E-state index in [1.807, 2.05) is 13.8 Å². The van der Waals surface area contributed by atoms with E-state index in [0.29, 0.717) is 5.02 Å². The zero-order chi connectivity index (χ0) is 11.6. The minimum atomic E-state index is -0.855. The highest BCUT2D eigenvalue weighted by Gasteiger charge is 2.25. The summed E-state index contributed by atoms with van der Waals surface area (Å²) in [5, 5.41) is 9.32. The number of pyridine rings is 1. The standard InChI is InChI=1S/C10H11Cl2NO2/c1-10(2,4-8(14)15)6-3-7(11)9(12)13-5-6/h3,5H,4H2,1-2H3,(H,14,15). The van der Waals surface area contributed by atoms with Gasteiger partial charge in [-0.15, -0.1) is 0 Å². The SMILES string of the molecule is CC(C)(CC(=O)O)c1cnc(Cl)c(Cl)c1. The van der Waals surface area contributed by atoms with E-state index in [0.717, 1.165) is 5.56 Å². The molecular formula is C10H11Cl2NO2. The van der Waals surface area contributed by atoms with E-state index in [1.54, 1.807) is 12.3 Å². The second kappa shape index (κ2) is 4.37. The summed E-state index contributed by atoms with van der Waals surface area (Å²) in [6.45, 7) is 3.64. The second-order valence-corrected chi connectivity index (χ2v) is 4.72. The molecule has 0 unspecified atom stereocenters. The van der Waals surface area contributed by atoms with E-state index >= 15 is 0 Å². The molecule has 0 saturated heterocycles. The highest BCUT2D eigenvalue weighted by molar-refractivity contribution is 6.41. The van der Waals surface area contributed by atoms with Crippen molar-refractivity contribution >= 4 is 29.2 Å². The number of rotatable bonds is 3. The zero-order valence-corrected chi connectivity index (χ0v) is 9.93. The Balaban J connectivity index is 3.04. The van der Waals surface area contributed by atoms with Crippen LogP contribution >= 0.6 is 23.2 Å². The number of nitrogens with zero attached hydrogens (tertiary/aromatic N) is 1. The fourth-order valence-corrected chi connectivity index (χ4v) is 1.54. The molecule has 0 fully saturated rings. The first kappa shape index (κ1) is 12.3. The molecule has 1 N–H and O–H groups in total. The van der Waals surface area contributed by atoms with Gasteiger partial charge in [0, 0.05) is 11.6 Å². The van der Waals surface area contributed by atoms with E-state index in [4.69, 9.17) is 28.3 Å². The van der Waals surface area contributed by atoms with E-state index in [-0.39, 0.29) is 11.6 Å². The van der Waals surface area contributed by atoms with Crippen LogP contribution in [0.5, 0.6) is 0 Å². The molecule has 1 aromatic heterocycles. The zero-order valence-electron chi connectivity index (χ0n) is 8.42. The average molecular weight is 248 g/mol. The van der Waals surface area contributed by atoms with Crippen LogP contribution in [0.4, 0.5) is 0 Å². The van der Waals surface area contributed by atoms with Gasteiger partial charge in [0.25, 0.3) is 0 Å². The Morgan fingerprint density at radius 1 is 1.53 bits per heavy atom. The van der Waals surface area contributed by atoms with E-state index in [2.05, 4.69) is 4.98 Å². The molecule has 82 valence electrons. The van der Waals surface area contributed by atoms with Crippen LogP contribution in [0.3, 0.4) is 0 Å². The Labute approximate surface area is 98.0 Å². The Hall–Kier alpha value is -0.800. The third-order valence-corrected chi connectivity index (χ3v) is 2.86. The lowest BCUT2D eigenvalue weighted by Gasteiger charge is -2.22. The van der Waals surface area contributed by atoms with Crippen molar-refractivity contribution in [1.82, 2.24) is 4.98 Å². The van der Waals surface area contributed by atoms with Crippen molar-refractivity contribution in [2.75, 3.05) is 0 Å². The molecule has 0 bridgehead atoms. The van der Waals surface area contributed by atoms with Crippen LogP contribution in [0.15, 0.2) is 12.3 Å². The van der Waals surface area contributed by atoms with Crippen molar-refractivity contribution < 1.29 is 9.90 Å². The maximum absolute atomic E-state index is 10.7. The van der Waals surface area contributed by atoms with E-state index in [1.165, 1.54) is 0 Å². The lowest BCUT2D eigenvalue weighted by atomic mass is 9.82. The molecule has 0 amide bonds. The third-order valence-electron chi connectivity index (χ3n) is 2.17. The molecule has 0 aliphatic rings. The van der Waals surface area contributed by atoms with Crippen LogP contribution in [-0.4, -0.2) is 16.1 Å². The molecule has 0 saturated carbocycles. The maximum Gasteiger partial charge on any atom is 0.304 e. The van der Waals surface area contributed by atoms with Crippen molar-refractivity contribution in [3.05, 3.63) is 28.0 Å². The quantitative estimate of drug-likeness (QED) is 0.836. The van der Waals surface area contributed by atoms with Crippen LogP contribution in [0.2, 0.25) is 10.2 Å². The highest BCUT2D eigenvalue weighted by Crippen LogP contribution is 2.30. The summed E-state index contributed by atoms with van der Waals surface area (Å²) in [4.78, 5) is 14.6. The fourth-order valence-electron chi connectivity index (χ4n) is 1.27. The monoisotopic (exact) mass is 247 g/mol. The normalized spacial score (nSPS) is 11.5. The molecular weight excluding hydrogens is 237 g/mol. The molecule has 0 atom stereocenters. The summed E-state index contributed by atoms with van der Waals surface area (Å²) in [6.07, 6.45) is 1.57. The molecule has 3 nitrogen and oxygen atoms in total. The smallest absolute Gasteiger partial charge is 0.304 e. The number of halogens is 2. The summed E-state index contributed by atoms with van der Waals surface area (Å²) >= 11 is 11.5. The van der Waals surface area contributed by atoms with Crippen LogP contribution < -0.4 is 0 Å². The van der Waals surface area contributed by atoms with Crippen molar-refractivity contribution in [2.24, 2.45) is 0 Å². The van der Waals surface area contributed by atoms with Gasteiger partial charge in [-0.1, -0.05) is 37.0 Å². The summed E-state index contributed by atoms with van der Waals surface area (Å²) in [5.41, 5.74) is 0.256. The molecule has 1 heterocycles. The van der Waals surface area contributed by atoms with Gasteiger partial charge in [0.05, 0.1) is 11.4 Å². The Kier molecular flexibility index (Phi) is 3.58. The van der Waals surface area contributed by atoms with Gasteiger partial charge in [0.1, 0.15) is 5.15 Å². The molecule has 15 heavy (non-hydrogen) atoms. The number of aliphatic carboxylic acids is 1. The molecule has 1 rings (SSSR count). The third kappa shape index (κ3) is 3.08.